The van der Waals surface area contributed by atoms with Gasteiger partial charge in [0.15, 0.2) is 11.8 Å². The zero-order valence-corrected chi connectivity index (χ0v) is 19.1. The first-order valence-corrected chi connectivity index (χ1v) is 9.06. The Morgan fingerprint density at radius 1 is 1.19 bits per heavy atom. The Kier molecular flexibility index (Phi) is 8.23. The topological polar surface area (TPSA) is 58.3 Å². The van der Waals surface area contributed by atoms with Crippen LogP contribution in [0.25, 0.3) is 5.82 Å². The Hall–Kier alpha value is -1.94. The van der Waals surface area contributed by atoms with Crippen molar-refractivity contribution in [2.24, 2.45) is 4.99 Å². The SMILES string of the molecule is CN=C(NCc1ccnc(-n2cccn2)c1)N(C)Cc1ccc(Br)cc1.I. The first kappa shape index (κ1) is 21.4. The summed E-state index contributed by atoms with van der Waals surface area (Å²) in [6.07, 6.45) is 5.42. The van der Waals surface area contributed by atoms with Gasteiger partial charge in [0.05, 0.1) is 0 Å². The second-order valence-electron chi connectivity index (χ2n) is 5.86. The molecule has 2 aromatic heterocycles. The molecular weight excluding hydrogens is 519 g/mol. The molecule has 0 saturated heterocycles. The number of nitrogens with zero attached hydrogens (tertiary/aromatic N) is 5. The molecule has 27 heavy (non-hydrogen) atoms. The average Bonchev–Trinajstić information content (AvgIpc) is 3.19. The van der Waals surface area contributed by atoms with Crippen LogP contribution < -0.4 is 5.32 Å². The van der Waals surface area contributed by atoms with Gasteiger partial charge < -0.3 is 10.2 Å². The first-order chi connectivity index (χ1) is 12.7. The second-order valence-corrected chi connectivity index (χ2v) is 6.77. The van der Waals surface area contributed by atoms with Gasteiger partial charge in [-0.15, -0.1) is 24.0 Å². The number of pyridine rings is 1. The lowest BCUT2D eigenvalue weighted by atomic mass is 10.2. The summed E-state index contributed by atoms with van der Waals surface area (Å²) in [6, 6.07) is 14.2. The van der Waals surface area contributed by atoms with E-state index in [4.69, 9.17) is 0 Å². The van der Waals surface area contributed by atoms with Gasteiger partial charge in [-0.3, -0.25) is 4.99 Å². The van der Waals surface area contributed by atoms with E-state index in [0.717, 1.165) is 28.4 Å². The molecule has 0 fully saturated rings. The molecule has 1 N–H and O–H groups in total. The van der Waals surface area contributed by atoms with E-state index in [-0.39, 0.29) is 24.0 Å². The summed E-state index contributed by atoms with van der Waals surface area (Å²) in [5.41, 5.74) is 2.34. The van der Waals surface area contributed by atoms with E-state index >= 15 is 0 Å². The van der Waals surface area contributed by atoms with Crippen LogP contribution in [0, 0.1) is 0 Å². The van der Waals surface area contributed by atoms with E-state index < -0.39 is 0 Å². The summed E-state index contributed by atoms with van der Waals surface area (Å²) in [4.78, 5) is 10.8. The fraction of sp³-hybridized carbons (Fsp3) is 0.211. The molecule has 0 aliphatic rings. The molecule has 0 atom stereocenters. The lowest BCUT2D eigenvalue weighted by Gasteiger charge is -2.22. The standard InChI is InChI=1S/C19H21BrN6.HI/c1-21-19(25(2)14-15-4-6-17(20)7-5-15)23-13-16-8-10-22-18(12-16)26-11-3-9-24-26;/h3-12H,13-14H2,1-2H3,(H,21,23);1H. The van der Waals surface area contributed by atoms with Crippen LogP contribution in [0.3, 0.4) is 0 Å². The number of hydrogen-bond donors (Lipinski definition) is 1. The van der Waals surface area contributed by atoms with Crippen LogP contribution in [0.4, 0.5) is 0 Å². The molecular formula is C19H22BrIN6. The van der Waals surface area contributed by atoms with Gasteiger partial charge in [-0.2, -0.15) is 5.10 Å². The predicted molar refractivity (Wildman–Crippen MR) is 123 cm³/mol. The zero-order chi connectivity index (χ0) is 18.4. The van der Waals surface area contributed by atoms with Crippen molar-refractivity contribution in [2.75, 3.05) is 14.1 Å². The molecule has 2 heterocycles. The monoisotopic (exact) mass is 540 g/mol. The molecule has 0 spiro atoms. The molecule has 0 aliphatic carbocycles. The molecule has 142 valence electrons. The molecule has 0 unspecified atom stereocenters. The van der Waals surface area contributed by atoms with E-state index in [1.165, 1.54) is 5.56 Å². The van der Waals surface area contributed by atoms with Crippen LogP contribution in [-0.4, -0.2) is 39.7 Å². The highest BCUT2D eigenvalue weighted by Crippen LogP contribution is 2.12. The fourth-order valence-electron chi connectivity index (χ4n) is 2.60. The van der Waals surface area contributed by atoms with Gasteiger partial charge in [-0.1, -0.05) is 28.1 Å². The molecule has 1 aromatic carbocycles. The van der Waals surface area contributed by atoms with E-state index in [1.807, 2.05) is 43.6 Å². The van der Waals surface area contributed by atoms with Gasteiger partial charge in [0.1, 0.15) is 0 Å². The van der Waals surface area contributed by atoms with E-state index in [9.17, 15) is 0 Å². The van der Waals surface area contributed by atoms with Crippen molar-refractivity contribution in [1.82, 2.24) is 25.0 Å². The van der Waals surface area contributed by atoms with Gasteiger partial charge in [0.25, 0.3) is 0 Å². The number of hydrogen-bond acceptors (Lipinski definition) is 3. The zero-order valence-electron chi connectivity index (χ0n) is 15.2. The number of aromatic nitrogens is 3. The predicted octanol–water partition coefficient (Wildman–Crippen LogP) is 3.86. The first-order valence-electron chi connectivity index (χ1n) is 8.27. The number of rotatable bonds is 5. The Balaban J connectivity index is 0.00000261. The van der Waals surface area contributed by atoms with Crippen molar-refractivity contribution in [3.63, 3.8) is 0 Å². The lowest BCUT2D eigenvalue weighted by Crippen LogP contribution is -2.38. The normalized spacial score (nSPS) is 11.0. The minimum absolute atomic E-state index is 0. The highest BCUT2D eigenvalue weighted by Gasteiger charge is 2.07. The van der Waals surface area contributed by atoms with Crippen LogP contribution in [0.1, 0.15) is 11.1 Å². The van der Waals surface area contributed by atoms with Crippen LogP contribution in [0.2, 0.25) is 0 Å². The second kappa shape index (κ2) is 10.4. The van der Waals surface area contributed by atoms with Gasteiger partial charge >= 0.3 is 0 Å². The maximum absolute atomic E-state index is 4.38. The van der Waals surface area contributed by atoms with Crippen LogP contribution in [0.5, 0.6) is 0 Å². The molecule has 0 saturated carbocycles. The van der Waals surface area contributed by atoms with Gasteiger partial charge in [0, 0.05) is 50.2 Å². The van der Waals surface area contributed by atoms with E-state index in [0.29, 0.717) is 6.54 Å². The molecule has 8 heteroatoms. The van der Waals surface area contributed by atoms with Crippen molar-refractivity contribution in [1.29, 1.82) is 0 Å². The minimum atomic E-state index is 0. The van der Waals surface area contributed by atoms with Crippen molar-refractivity contribution in [3.05, 3.63) is 76.7 Å². The Morgan fingerprint density at radius 3 is 2.63 bits per heavy atom. The third-order valence-electron chi connectivity index (χ3n) is 3.91. The molecule has 3 aromatic rings. The number of benzene rings is 1. The largest absolute Gasteiger partial charge is 0.352 e. The maximum Gasteiger partial charge on any atom is 0.193 e. The van der Waals surface area contributed by atoms with Crippen LogP contribution in [-0.2, 0) is 13.1 Å². The quantitative estimate of drug-likeness (QED) is 0.303. The highest BCUT2D eigenvalue weighted by atomic mass is 127. The summed E-state index contributed by atoms with van der Waals surface area (Å²) in [5.74, 6) is 1.64. The lowest BCUT2D eigenvalue weighted by molar-refractivity contribution is 0.476. The van der Waals surface area contributed by atoms with Crippen LogP contribution >= 0.6 is 39.9 Å². The molecule has 3 rings (SSSR count). The summed E-state index contributed by atoms with van der Waals surface area (Å²) in [6.45, 7) is 1.44. The molecule has 0 radical (unpaired) electrons. The average molecular weight is 541 g/mol. The smallest absolute Gasteiger partial charge is 0.193 e. The van der Waals surface area contributed by atoms with Gasteiger partial charge in [-0.25, -0.2) is 9.67 Å². The third-order valence-corrected chi connectivity index (χ3v) is 4.43. The van der Waals surface area contributed by atoms with E-state index in [1.54, 1.807) is 24.1 Å². The van der Waals surface area contributed by atoms with Gasteiger partial charge in [-0.05, 0) is 41.5 Å². The van der Waals surface area contributed by atoms with E-state index in [2.05, 4.69) is 53.4 Å². The summed E-state index contributed by atoms with van der Waals surface area (Å²) < 4.78 is 2.83. The minimum Gasteiger partial charge on any atom is -0.352 e. The fourth-order valence-corrected chi connectivity index (χ4v) is 2.87. The number of guanidine groups is 1. The Bertz CT molecular complexity index is 864. The van der Waals surface area contributed by atoms with Crippen molar-refractivity contribution in [2.45, 2.75) is 13.1 Å². The number of aliphatic imine (C=N–C) groups is 1. The summed E-state index contributed by atoms with van der Waals surface area (Å²) >= 11 is 3.46. The highest BCUT2D eigenvalue weighted by molar-refractivity contribution is 14.0. The van der Waals surface area contributed by atoms with Crippen molar-refractivity contribution in [3.8, 4) is 5.82 Å². The summed E-state index contributed by atoms with van der Waals surface area (Å²) in [7, 11) is 3.82. The number of halogens is 2. The van der Waals surface area contributed by atoms with Gasteiger partial charge in [0.2, 0.25) is 0 Å². The van der Waals surface area contributed by atoms with Crippen LogP contribution in [0.15, 0.2) is 70.5 Å². The maximum atomic E-state index is 4.38. The van der Waals surface area contributed by atoms with Crippen molar-refractivity contribution < 1.29 is 0 Å². The third kappa shape index (κ3) is 6.03. The molecule has 0 aliphatic heterocycles. The molecule has 6 nitrogen and oxygen atoms in total. The molecule has 0 bridgehead atoms. The Labute approximate surface area is 184 Å². The number of nitrogens with one attached hydrogen (secondary N) is 1. The van der Waals surface area contributed by atoms with Crippen molar-refractivity contribution >= 4 is 45.9 Å². The Morgan fingerprint density at radius 2 is 1.96 bits per heavy atom. The summed E-state index contributed by atoms with van der Waals surface area (Å²) in [5, 5.41) is 7.62. The molecule has 0 amide bonds.